The van der Waals surface area contributed by atoms with E-state index in [0.717, 1.165) is 0 Å². The van der Waals surface area contributed by atoms with E-state index < -0.39 is 5.92 Å². The number of carbonyl (C=O) groups excluding carboxylic acids is 1. The summed E-state index contributed by atoms with van der Waals surface area (Å²) in [5.41, 5.74) is 0.562. The van der Waals surface area contributed by atoms with E-state index in [1.807, 2.05) is 6.07 Å². The van der Waals surface area contributed by atoms with Crippen LogP contribution in [0.15, 0.2) is 18.2 Å². The van der Waals surface area contributed by atoms with Crippen LogP contribution in [0.25, 0.3) is 0 Å². The predicted molar refractivity (Wildman–Crippen MR) is 50.9 cm³/mol. The molecule has 0 bridgehead atoms. The lowest BCUT2D eigenvalue weighted by molar-refractivity contribution is -0.108. The molecule has 0 aromatic heterocycles. The second kappa shape index (κ2) is 4.27. The van der Waals surface area contributed by atoms with Gasteiger partial charge in [0.05, 0.1) is 16.1 Å². The molecule has 1 atom stereocenters. The van der Waals surface area contributed by atoms with E-state index in [1.54, 1.807) is 12.1 Å². The molecule has 0 saturated carbocycles. The monoisotopic (exact) mass is 213 g/mol. The molecule has 2 nitrogen and oxygen atoms in total. The summed E-state index contributed by atoms with van der Waals surface area (Å²) in [5.74, 6) is -0.769. The minimum atomic E-state index is -0.769. The van der Waals surface area contributed by atoms with Gasteiger partial charge >= 0.3 is 0 Å². The van der Waals surface area contributed by atoms with E-state index in [4.69, 9.17) is 28.5 Å². The Morgan fingerprint density at radius 1 is 1.38 bits per heavy atom. The number of benzene rings is 1. The quantitative estimate of drug-likeness (QED) is 0.710. The van der Waals surface area contributed by atoms with Gasteiger partial charge in [0.2, 0.25) is 0 Å². The summed E-state index contributed by atoms with van der Waals surface area (Å²) >= 11 is 11.4. The van der Waals surface area contributed by atoms with Crippen molar-refractivity contribution in [1.82, 2.24) is 0 Å². The summed E-state index contributed by atoms with van der Waals surface area (Å²) in [6.07, 6.45) is 0.569. The van der Waals surface area contributed by atoms with Crippen LogP contribution in [0.3, 0.4) is 0 Å². The maximum Gasteiger partial charge on any atom is 0.141 e. The Labute approximate surface area is 85.7 Å². The predicted octanol–water partition coefficient (Wildman–Crippen LogP) is 2.80. The molecule has 1 rings (SSSR count). The van der Waals surface area contributed by atoms with Crippen molar-refractivity contribution in [2.24, 2.45) is 0 Å². The topological polar surface area (TPSA) is 40.9 Å². The molecule has 0 N–H and O–H groups in total. The van der Waals surface area contributed by atoms with E-state index in [9.17, 15) is 4.79 Å². The summed E-state index contributed by atoms with van der Waals surface area (Å²) in [5, 5.41) is 9.34. The number of hydrogen-bond acceptors (Lipinski definition) is 2. The number of halogens is 2. The normalized spacial score (nSPS) is 11.8. The molecular weight excluding hydrogens is 209 g/mol. The van der Waals surface area contributed by atoms with Crippen molar-refractivity contribution < 1.29 is 4.79 Å². The van der Waals surface area contributed by atoms with Crippen LogP contribution < -0.4 is 0 Å². The van der Waals surface area contributed by atoms with Gasteiger partial charge in [-0.05, 0) is 17.7 Å². The second-order valence-corrected chi connectivity index (χ2v) is 3.23. The molecule has 0 aliphatic carbocycles. The highest BCUT2D eigenvalue weighted by Gasteiger charge is 2.09. The fourth-order valence-electron chi connectivity index (χ4n) is 0.889. The SMILES string of the molecule is N#C[C@@H](C=O)c1ccc(Cl)c(Cl)c1. The highest BCUT2D eigenvalue weighted by molar-refractivity contribution is 6.42. The van der Waals surface area contributed by atoms with Crippen LogP contribution in [0.1, 0.15) is 11.5 Å². The standard InChI is InChI=1S/C9H5Cl2NO/c10-8-2-1-6(3-9(8)11)7(4-12)5-13/h1-3,5,7H/t7-/m0/s1. The molecular formula is C9H5Cl2NO. The summed E-state index contributed by atoms with van der Waals surface area (Å²) < 4.78 is 0. The van der Waals surface area contributed by atoms with Crippen molar-refractivity contribution in [3.63, 3.8) is 0 Å². The molecule has 1 aromatic rings. The number of hydrogen-bond donors (Lipinski definition) is 0. The zero-order chi connectivity index (χ0) is 9.84. The molecule has 0 amide bonds. The molecule has 0 aliphatic heterocycles. The van der Waals surface area contributed by atoms with Gasteiger partial charge in [0.1, 0.15) is 12.2 Å². The number of carbonyl (C=O) groups is 1. The lowest BCUT2D eigenvalue weighted by Gasteiger charge is -2.02. The maximum atomic E-state index is 10.4. The van der Waals surface area contributed by atoms with Crippen molar-refractivity contribution in [3.8, 4) is 6.07 Å². The van der Waals surface area contributed by atoms with Crippen molar-refractivity contribution in [2.75, 3.05) is 0 Å². The molecule has 1 aromatic carbocycles. The number of nitrogens with zero attached hydrogens (tertiary/aromatic N) is 1. The van der Waals surface area contributed by atoms with E-state index in [1.165, 1.54) is 6.07 Å². The van der Waals surface area contributed by atoms with Gasteiger partial charge in [-0.1, -0.05) is 29.3 Å². The molecule has 0 fully saturated rings. The zero-order valence-electron chi connectivity index (χ0n) is 6.50. The molecule has 0 heterocycles. The number of rotatable bonds is 2. The minimum absolute atomic E-state index is 0.348. The summed E-state index contributed by atoms with van der Waals surface area (Å²) in [4.78, 5) is 10.4. The Balaban J connectivity index is 3.11. The van der Waals surface area contributed by atoms with Gasteiger partial charge in [0, 0.05) is 0 Å². The van der Waals surface area contributed by atoms with E-state index in [-0.39, 0.29) is 0 Å². The van der Waals surface area contributed by atoms with Crippen molar-refractivity contribution in [2.45, 2.75) is 5.92 Å². The Morgan fingerprint density at radius 2 is 2.08 bits per heavy atom. The van der Waals surface area contributed by atoms with E-state index in [0.29, 0.717) is 21.9 Å². The average Bonchev–Trinajstić information content (AvgIpc) is 2.13. The van der Waals surface area contributed by atoms with Gasteiger partial charge in [0.15, 0.2) is 0 Å². The van der Waals surface area contributed by atoms with Gasteiger partial charge in [-0.25, -0.2) is 0 Å². The molecule has 0 unspecified atom stereocenters. The average molecular weight is 214 g/mol. The van der Waals surface area contributed by atoms with Crippen LogP contribution in [-0.4, -0.2) is 6.29 Å². The second-order valence-electron chi connectivity index (χ2n) is 2.42. The summed E-state index contributed by atoms with van der Waals surface area (Å²) in [6, 6.07) is 6.54. The summed E-state index contributed by atoms with van der Waals surface area (Å²) in [7, 11) is 0. The van der Waals surface area contributed by atoms with Gasteiger partial charge in [0.25, 0.3) is 0 Å². The lowest BCUT2D eigenvalue weighted by Crippen LogP contribution is -1.96. The highest BCUT2D eigenvalue weighted by Crippen LogP contribution is 2.25. The smallest absolute Gasteiger partial charge is 0.141 e. The third-order valence-electron chi connectivity index (χ3n) is 1.58. The lowest BCUT2D eigenvalue weighted by atomic mass is 10.0. The molecule has 66 valence electrons. The largest absolute Gasteiger partial charge is 0.302 e. The van der Waals surface area contributed by atoms with Gasteiger partial charge in [-0.15, -0.1) is 0 Å². The van der Waals surface area contributed by atoms with E-state index >= 15 is 0 Å². The van der Waals surface area contributed by atoms with Crippen molar-refractivity contribution >= 4 is 29.5 Å². The van der Waals surface area contributed by atoms with Crippen LogP contribution in [-0.2, 0) is 4.79 Å². The molecule has 0 radical (unpaired) electrons. The maximum absolute atomic E-state index is 10.4. The van der Waals surface area contributed by atoms with Crippen LogP contribution in [0.2, 0.25) is 10.0 Å². The third kappa shape index (κ3) is 2.21. The number of aldehydes is 1. The molecule has 13 heavy (non-hydrogen) atoms. The third-order valence-corrected chi connectivity index (χ3v) is 2.32. The van der Waals surface area contributed by atoms with Crippen LogP contribution >= 0.6 is 23.2 Å². The van der Waals surface area contributed by atoms with Crippen LogP contribution in [0, 0.1) is 11.3 Å². The summed E-state index contributed by atoms with van der Waals surface area (Å²) in [6.45, 7) is 0. The first-order valence-electron chi connectivity index (χ1n) is 3.49. The Hall–Kier alpha value is -1.04. The van der Waals surface area contributed by atoms with Crippen molar-refractivity contribution in [3.05, 3.63) is 33.8 Å². The highest BCUT2D eigenvalue weighted by atomic mass is 35.5. The fraction of sp³-hybridized carbons (Fsp3) is 0.111. The Morgan fingerprint density at radius 3 is 2.54 bits per heavy atom. The minimum Gasteiger partial charge on any atom is -0.302 e. The molecule has 0 saturated heterocycles. The molecule has 0 aliphatic rings. The van der Waals surface area contributed by atoms with Gasteiger partial charge < -0.3 is 4.79 Å². The molecule has 4 heteroatoms. The van der Waals surface area contributed by atoms with Crippen LogP contribution in [0.5, 0.6) is 0 Å². The Kier molecular flexibility index (Phi) is 3.30. The fourth-order valence-corrected chi connectivity index (χ4v) is 1.20. The Bertz CT molecular complexity index is 370. The molecule has 0 spiro atoms. The zero-order valence-corrected chi connectivity index (χ0v) is 8.01. The first kappa shape index (κ1) is 10.0. The number of nitriles is 1. The van der Waals surface area contributed by atoms with Crippen LogP contribution in [0.4, 0.5) is 0 Å². The van der Waals surface area contributed by atoms with Gasteiger partial charge in [-0.2, -0.15) is 5.26 Å². The van der Waals surface area contributed by atoms with Crippen molar-refractivity contribution in [1.29, 1.82) is 5.26 Å². The first-order valence-corrected chi connectivity index (χ1v) is 4.24. The van der Waals surface area contributed by atoms with E-state index in [2.05, 4.69) is 0 Å². The van der Waals surface area contributed by atoms with Gasteiger partial charge in [-0.3, -0.25) is 0 Å². The first-order chi connectivity index (χ1) is 6.19.